The second-order valence-corrected chi connectivity index (χ2v) is 5.09. The zero-order valence-electron chi connectivity index (χ0n) is 12.5. The van der Waals surface area contributed by atoms with Gasteiger partial charge in [-0.3, -0.25) is 9.55 Å². The Labute approximate surface area is 136 Å². The third-order valence-electron chi connectivity index (χ3n) is 3.41. The summed E-state index contributed by atoms with van der Waals surface area (Å²) in [5.41, 5.74) is 0.752. The van der Waals surface area contributed by atoms with E-state index in [9.17, 15) is 19.0 Å². The molecular formula is C17H14F2N2O3. The molecule has 3 aromatic rings. The van der Waals surface area contributed by atoms with E-state index in [0.717, 1.165) is 6.07 Å². The lowest BCUT2D eigenvalue weighted by Crippen LogP contribution is -2.07. The number of ether oxygens (including phenoxy) is 1. The summed E-state index contributed by atoms with van der Waals surface area (Å²) >= 11 is 0. The van der Waals surface area contributed by atoms with Gasteiger partial charge in [0, 0.05) is 23.8 Å². The molecule has 0 radical (unpaired) electrons. The number of hydrogen-bond acceptors (Lipinski definition) is 4. The van der Waals surface area contributed by atoms with Crippen LogP contribution < -0.4 is 4.74 Å². The van der Waals surface area contributed by atoms with Crippen LogP contribution in [0, 0.1) is 11.6 Å². The molecule has 0 aliphatic carbocycles. The van der Waals surface area contributed by atoms with Crippen molar-refractivity contribution in [2.75, 3.05) is 6.61 Å². The number of aromatic nitrogens is 2. The van der Waals surface area contributed by atoms with Crippen molar-refractivity contribution in [3.63, 3.8) is 0 Å². The summed E-state index contributed by atoms with van der Waals surface area (Å²) < 4.78 is 33.2. The van der Waals surface area contributed by atoms with E-state index in [1.807, 2.05) is 0 Å². The first kappa shape index (κ1) is 15.8. The molecule has 0 unspecified atom stereocenters. The first-order valence-electron chi connectivity index (χ1n) is 7.16. The Hall–Kier alpha value is -3.09. The lowest BCUT2D eigenvalue weighted by Gasteiger charge is -2.09. The molecule has 0 atom stereocenters. The van der Waals surface area contributed by atoms with Crippen LogP contribution in [-0.4, -0.2) is 26.4 Å². The van der Waals surface area contributed by atoms with Gasteiger partial charge in [-0.2, -0.15) is 0 Å². The number of rotatable bonds is 5. The van der Waals surface area contributed by atoms with Crippen LogP contribution in [-0.2, 0) is 6.54 Å². The largest absolute Gasteiger partial charge is 0.494 e. The summed E-state index contributed by atoms with van der Waals surface area (Å²) in [5.74, 6) is -0.992. The second-order valence-electron chi connectivity index (χ2n) is 5.09. The van der Waals surface area contributed by atoms with E-state index in [-0.39, 0.29) is 24.9 Å². The summed E-state index contributed by atoms with van der Waals surface area (Å²) in [7, 11) is 0. The van der Waals surface area contributed by atoms with Crippen LogP contribution in [0.3, 0.4) is 0 Å². The topological polar surface area (TPSA) is 67.5 Å². The van der Waals surface area contributed by atoms with Gasteiger partial charge >= 0.3 is 0 Å². The molecular weight excluding hydrogens is 318 g/mol. The van der Waals surface area contributed by atoms with Gasteiger partial charge in [-0.1, -0.05) is 0 Å². The van der Waals surface area contributed by atoms with Crippen molar-refractivity contribution < 1.29 is 23.7 Å². The van der Waals surface area contributed by atoms with Crippen molar-refractivity contribution in [2.24, 2.45) is 0 Å². The zero-order valence-corrected chi connectivity index (χ0v) is 12.5. The normalized spacial score (nSPS) is 10.8. The maximum atomic E-state index is 13.2. The van der Waals surface area contributed by atoms with Gasteiger partial charge in [0.05, 0.1) is 18.4 Å². The number of halogens is 2. The van der Waals surface area contributed by atoms with Crippen molar-refractivity contribution in [3.05, 3.63) is 60.3 Å². The minimum absolute atomic E-state index is 0.0577. The molecule has 24 heavy (non-hydrogen) atoms. The smallest absolute Gasteiger partial charge is 0.193 e. The molecule has 0 aliphatic heterocycles. The number of nitrogens with zero attached hydrogens (tertiary/aromatic N) is 2. The zero-order chi connectivity index (χ0) is 17.1. The van der Waals surface area contributed by atoms with Gasteiger partial charge in [0.1, 0.15) is 24.0 Å². The average Bonchev–Trinajstić information content (AvgIpc) is 2.86. The van der Waals surface area contributed by atoms with Crippen LogP contribution in [0.2, 0.25) is 0 Å². The molecule has 7 heteroatoms. The van der Waals surface area contributed by atoms with E-state index >= 15 is 0 Å². The monoisotopic (exact) mass is 332 g/mol. The van der Waals surface area contributed by atoms with Gasteiger partial charge in [0.2, 0.25) is 0 Å². The Morgan fingerprint density at radius 2 is 1.62 bits per heavy atom. The quantitative estimate of drug-likeness (QED) is 0.752. The van der Waals surface area contributed by atoms with Gasteiger partial charge in [0.15, 0.2) is 11.8 Å². The fourth-order valence-corrected chi connectivity index (χ4v) is 2.27. The van der Waals surface area contributed by atoms with Crippen LogP contribution in [0.15, 0.2) is 48.7 Å². The Bertz CT molecular complexity index is 808. The number of pyridine rings is 1. The van der Waals surface area contributed by atoms with E-state index in [1.54, 1.807) is 12.1 Å². The van der Waals surface area contributed by atoms with Crippen molar-refractivity contribution in [1.29, 1.82) is 0 Å². The first-order valence-corrected chi connectivity index (χ1v) is 7.16. The van der Waals surface area contributed by atoms with Crippen LogP contribution in [0.4, 0.5) is 8.78 Å². The average molecular weight is 332 g/mol. The van der Waals surface area contributed by atoms with E-state index < -0.39 is 11.6 Å². The maximum Gasteiger partial charge on any atom is 0.193 e. The van der Waals surface area contributed by atoms with E-state index in [2.05, 4.69) is 4.98 Å². The fourth-order valence-electron chi connectivity index (χ4n) is 2.27. The summed E-state index contributed by atoms with van der Waals surface area (Å²) in [4.78, 5) is 4.12. The van der Waals surface area contributed by atoms with Crippen molar-refractivity contribution >= 4 is 0 Å². The summed E-state index contributed by atoms with van der Waals surface area (Å²) in [6, 6.07) is 9.17. The molecule has 1 aromatic carbocycles. The summed E-state index contributed by atoms with van der Waals surface area (Å²) in [5, 5.41) is 19.0. The third-order valence-corrected chi connectivity index (χ3v) is 3.41. The lowest BCUT2D eigenvalue weighted by atomic mass is 10.1. The number of aromatic hydroxyl groups is 2. The standard InChI is InChI=1S/C17H14F2N2O3/c18-12-7-11(8-13(19)9-12)15-2-1-14(10-20-15)24-6-5-21-16(22)3-4-17(21)23/h1-4,7-10,22-23H,5-6H2. The van der Waals surface area contributed by atoms with Crippen LogP contribution in [0.5, 0.6) is 17.5 Å². The van der Waals surface area contributed by atoms with E-state index in [1.165, 1.54) is 35.0 Å². The molecule has 0 spiro atoms. The minimum Gasteiger partial charge on any atom is -0.494 e. The molecule has 2 N–H and O–H groups in total. The third kappa shape index (κ3) is 3.45. The van der Waals surface area contributed by atoms with Gasteiger partial charge < -0.3 is 14.9 Å². The van der Waals surface area contributed by atoms with Crippen LogP contribution in [0.25, 0.3) is 11.3 Å². The Balaban J connectivity index is 1.64. The Morgan fingerprint density at radius 3 is 2.21 bits per heavy atom. The molecule has 0 fully saturated rings. The van der Waals surface area contributed by atoms with Crippen LogP contribution in [0.1, 0.15) is 0 Å². The summed E-state index contributed by atoms with van der Waals surface area (Å²) in [6.45, 7) is 0.451. The van der Waals surface area contributed by atoms with Gasteiger partial charge in [0.25, 0.3) is 0 Å². The summed E-state index contributed by atoms with van der Waals surface area (Å²) in [6.07, 6.45) is 1.44. The lowest BCUT2D eigenvalue weighted by molar-refractivity contribution is 0.274. The van der Waals surface area contributed by atoms with Crippen molar-refractivity contribution in [3.8, 4) is 28.8 Å². The fraction of sp³-hybridized carbons (Fsp3) is 0.118. The highest BCUT2D eigenvalue weighted by atomic mass is 19.1. The number of hydrogen-bond donors (Lipinski definition) is 2. The predicted octanol–water partition coefficient (Wildman–Crippen LogP) is 3.32. The molecule has 3 rings (SSSR count). The van der Waals surface area contributed by atoms with E-state index in [0.29, 0.717) is 17.0 Å². The van der Waals surface area contributed by atoms with Gasteiger partial charge in [-0.25, -0.2) is 8.78 Å². The van der Waals surface area contributed by atoms with Gasteiger partial charge in [-0.05, 0) is 24.3 Å². The maximum absolute atomic E-state index is 13.2. The molecule has 0 amide bonds. The SMILES string of the molecule is Oc1ccc(O)n1CCOc1ccc(-c2cc(F)cc(F)c2)nc1. The first-order chi connectivity index (χ1) is 11.5. The molecule has 0 bridgehead atoms. The van der Waals surface area contributed by atoms with Crippen molar-refractivity contribution in [2.45, 2.75) is 6.54 Å². The highest BCUT2D eigenvalue weighted by molar-refractivity contribution is 5.59. The molecule has 0 aliphatic rings. The minimum atomic E-state index is -0.668. The molecule has 124 valence electrons. The molecule has 0 saturated heterocycles. The Morgan fingerprint density at radius 1 is 0.958 bits per heavy atom. The van der Waals surface area contributed by atoms with Crippen molar-refractivity contribution in [1.82, 2.24) is 9.55 Å². The highest BCUT2D eigenvalue weighted by Gasteiger charge is 2.07. The van der Waals surface area contributed by atoms with Gasteiger partial charge in [-0.15, -0.1) is 0 Å². The van der Waals surface area contributed by atoms with Crippen LogP contribution >= 0.6 is 0 Å². The predicted molar refractivity (Wildman–Crippen MR) is 82.8 cm³/mol. The Kier molecular flexibility index (Phi) is 4.33. The molecule has 0 saturated carbocycles. The molecule has 2 aromatic heterocycles. The molecule has 5 nitrogen and oxygen atoms in total. The highest BCUT2D eigenvalue weighted by Crippen LogP contribution is 2.23. The van der Waals surface area contributed by atoms with E-state index in [4.69, 9.17) is 4.74 Å². The number of benzene rings is 1. The molecule has 2 heterocycles. The second kappa shape index (κ2) is 6.57.